The largest absolute Gasteiger partial charge is 0.390 e. The second kappa shape index (κ2) is 1.95. The maximum Gasteiger partial charge on any atom is 0.120 e. The Morgan fingerprint density at radius 1 is 1.80 bits per heavy atom. The molecule has 2 fully saturated rings. The van der Waals surface area contributed by atoms with Gasteiger partial charge < -0.3 is 9.84 Å². The first-order valence-corrected chi connectivity index (χ1v) is 4.15. The second-order valence-electron chi connectivity index (χ2n) is 3.38. The molecule has 0 amide bonds. The maximum atomic E-state index is 9.53. The number of aliphatic hydroxyl groups is 1. The van der Waals surface area contributed by atoms with E-state index in [4.69, 9.17) is 4.74 Å². The molecule has 2 heteroatoms. The van der Waals surface area contributed by atoms with Crippen molar-refractivity contribution in [2.24, 2.45) is 0 Å². The fourth-order valence-electron chi connectivity index (χ4n) is 2.12. The summed E-state index contributed by atoms with van der Waals surface area (Å²) in [6.07, 6.45) is 4.50. The fourth-order valence-corrected chi connectivity index (χ4v) is 2.12. The maximum absolute atomic E-state index is 9.53. The van der Waals surface area contributed by atoms with Crippen LogP contribution in [0, 0.1) is 0 Å². The van der Waals surface area contributed by atoms with Crippen LogP contribution in [-0.2, 0) is 4.74 Å². The predicted octanol–water partition coefficient (Wildman–Crippen LogP) is 1.08. The molecule has 0 bridgehead atoms. The van der Waals surface area contributed by atoms with Gasteiger partial charge in [-0.3, -0.25) is 0 Å². The average molecular weight is 142 g/mol. The molecule has 0 radical (unpaired) electrons. The quantitative estimate of drug-likeness (QED) is 0.585. The molecule has 3 atom stereocenters. The highest BCUT2D eigenvalue weighted by molar-refractivity contribution is 5.11. The molecule has 1 saturated carbocycles. The molecule has 2 rings (SSSR count). The van der Waals surface area contributed by atoms with Crippen LogP contribution in [0.15, 0.2) is 0 Å². The molecule has 10 heavy (non-hydrogen) atoms. The van der Waals surface area contributed by atoms with E-state index in [1.54, 1.807) is 0 Å². The lowest BCUT2D eigenvalue weighted by molar-refractivity contribution is 0.0651. The topological polar surface area (TPSA) is 32.8 Å². The van der Waals surface area contributed by atoms with E-state index in [1.807, 2.05) is 6.92 Å². The third-order valence-corrected chi connectivity index (χ3v) is 2.83. The third kappa shape index (κ3) is 0.663. The number of ether oxygens (including phenoxy) is 1. The molecule has 1 aliphatic carbocycles. The van der Waals surface area contributed by atoms with Crippen LogP contribution in [0.3, 0.4) is 0 Å². The monoisotopic (exact) mass is 142 g/mol. The number of hydrogen-bond acceptors (Lipinski definition) is 2. The van der Waals surface area contributed by atoms with Crippen molar-refractivity contribution in [2.45, 2.75) is 50.4 Å². The standard InChI is InChI=1S/C8H14O2/c1-2-6(9)8-5-3-4-7(8)10-8/h6-7,9H,2-5H2,1H3. The molecule has 0 aromatic carbocycles. The van der Waals surface area contributed by atoms with Crippen LogP contribution in [0.5, 0.6) is 0 Å². The number of fused-ring (bicyclic) bond motifs is 1. The zero-order valence-electron chi connectivity index (χ0n) is 6.34. The van der Waals surface area contributed by atoms with Crippen LogP contribution in [0.25, 0.3) is 0 Å². The van der Waals surface area contributed by atoms with Crippen LogP contribution in [0.1, 0.15) is 32.6 Å². The minimum atomic E-state index is -0.208. The number of epoxide rings is 1. The molecular weight excluding hydrogens is 128 g/mol. The first-order chi connectivity index (χ1) is 4.79. The Kier molecular flexibility index (Phi) is 1.29. The lowest BCUT2D eigenvalue weighted by Crippen LogP contribution is -2.28. The molecule has 0 spiro atoms. The van der Waals surface area contributed by atoms with Gasteiger partial charge in [0.2, 0.25) is 0 Å². The van der Waals surface area contributed by atoms with Gasteiger partial charge in [-0.15, -0.1) is 0 Å². The van der Waals surface area contributed by atoms with Crippen molar-refractivity contribution in [1.29, 1.82) is 0 Å². The third-order valence-electron chi connectivity index (χ3n) is 2.83. The Balaban J connectivity index is 2.03. The van der Waals surface area contributed by atoms with Gasteiger partial charge in [-0.1, -0.05) is 6.92 Å². The second-order valence-corrected chi connectivity index (χ2v) is 3.38. The summed E-state index contributed by atoms with van der Waals surface area (Å²) in [5.74, 6) is 0. The molecule has 58 valence electrons. The number of rotatable bonds is 2. The minimum Gasteiger partial charge on any atom is -0.390 e. The first kappa shape index (κ1) is 6.62. The summed E-state index contributed by atoms with van der Waals surface area (Å²) in [7, 11) is 0. The molecule has 1 heterocycles. The molecule has 1 aliphatic heterocycles. The Hall–Kier alpha value is -0.0800. The van der Waals surface area contributed by atoms with Gasteiger partial charge >= 0.3 is 0 Å². The van der Waals surface area contributed by atoms with E-state index in [0.717, 1.165) is 19.3 Å². The summed E-state index contributed by atoms with van der Waals surface area (Å²) in [6, 6.07) is 0. The van der Waals surface area contributed by atoms with Gasteiger partial charge in [0.1, 0.15) is 5.60 Å². The van der Waals surface area contributed by atoms with E-state index in [0.29, 0.717) is 6.10 Å². The molecular formula is C8H14O2. The Bertz CT molecular complexity index is 146. The van der Waals surface area contributed by atoms with Crippen LogP contribution < -0.4 is 0 Å². The predicted molar refractivity (Wildman–Crippen MR) is 37.8 cm³/mol. The summed E-state index contributed by atoms with van der Waals surface area (Å²) in [5.41, 5.74) is -0.0747. The highest BCUT2D eigenvalue weighted by atomic mass is 16.6. The fraction of sp³-hybridized carbons (Fsp3) is 1.00. The van der Waals surface area contributed by atoms with E-state index >= 15 is 0 Å². The van der Waals surface area contributed by atoms with Crippen LogP contribution in [0.2, 0.25) is 0 Å². The van der Waals surface area contributed by atoms with E-state index in [9.17, 15) is 5.11 Å². The first-order valence-electron chi connectivity index (χ1n) is 4.15. The summed E-state index contributed by atoms with van der Waals surface area (Å²) in [6.45, 7) is 2.01. The molecule has 2 aliphatic rings. The SMILES string of the molecule is CCC(O)C12CCCC1O2. The molecule has 1 N–H and O–H groups in total. The van der Waals surface area contributed by atoms with Crippen molar-refractivity contribution in [2.75, 3.05) is 0 Å². The van der Waals surface area contributed by atoms with Crippen molar-refractivity contribution in [3.8, 4) is 0 Å². The summed E-state index contributed by atoms with van der Waals surface area (Å²) in [4.78, 5) is 0. The van der Waals surface area contributed by atoms with Crippen LogP contribution in [-0.4, -0.2) is 22.9 Å². The van der Waals surface area contributed by atoms with Gasteiger partial charge in [0, 0.05) is 0 Å². The zero-order valence-corrected chi connectivity index (χ0v) is 6.34. The van der Waals surface area contributed by atoms with Crippen molar-refractivity contribution in [3.63, 3.8) is 0 Å². The number of hydrogen-bond donors (Lipinski definition) is 1. The van der Waals surface area contributed by atoms with Crippen LogP contribution in [0.4, 0.5) is 0 Å². The van der Waals surface area contributed by atoms with Crippen molar-refractivity contribution < 1.29 is 9.84 Å². The molecule has 3 unspecified atom stereocenters. The van der Waals surface area contributed by atoms with E-state index in [1.165, 1.54) is 6.42 Å². The van der Waals surface area contributed by atoms with Crippen molar-refractivity contribution in [1.82, 2.24) is 0 Å². The van der Waals surface area contributed by atoms with Gasteiger partial charge in [0.25, 0.3) is 0 Å². The Morgan fingerprint density at radius 2 is 2.60 bits per heavy atom. The van der Waals surface area contributed by atoms with Crippen molar-refractivity contribution in [3.05, 3.63) is 0 Å². The van der Waals surface area contributed by atoms with Gasteiger partial charge in [0.05, 0.1) is 12.2 Å². The zero-order chi connectivity index (χ0) is 7.19. The number of aliphatic hydroxyl groups excluding tert-OH is 1. The molecule has 0 aromatic rings. The summed E-state index contributed by atoms with van der Waals surface area (Å²) < 4.78 is 5.44. The van der Waals surface area contributed by atoms with Gasteiger partial charge in [-0.05, 0) is 25.7 Å². The Labute approximate surface area is 61.2 Å². The normalized spacial score (nSPS) is 46.8. The highest BCUT2D eigenvalue weighted by Gasteiger charge is 2.62. The lowest BCUT2D eigenvalue weighted by atomic mass is 9.98. The van der Waals surface area contributed by atoms with Gasteiger partial charge in [-0.25, -0.2) is 0 Å². The van der Waals surface area contributed by atoms with Crippen molar-refractivity contribution >= 4 is 0 Å². The van der Waals surface area contributed by atoms with E-state index in [2.05, 4.69) is 0 Å². The summed E-state index contributed by atoms with van der Waals surface area (Å²) in [5, 5.41) is 9.53. The Morgan fingerprint density at radius 3 is 3.00 bits per heavy atom. The van der Waals surface area contributed by atoms with E-state index < -0.39 is 0 Å². The average Bonchev–Trinajstić information content (AvgIpc) is 2.54. The summed E-state index contributed by atoms with van der Waals surface area (Å²) >= 11 is 0. The molecule has 1 saturated heterocycles. The molecule has 0 aromatic heterocycles. The van der Waals surface area contributed by atoms with Crippen LogP contribution >= 0.6 is 0 Å². The van der Waals surface area contributed by atoms with E-state index in [-0.39, 0.29) is 11.7 Å². The molecule has 2 nitrogen and oxygen atoms in total. The highest BCUT2D eigenvalue weighted by Crippen LogP contribution is 2.52. The van der Waals surface area contributed by atoms with Gasteiger partial charge in [-0.2, -0.15) is 0 Å². The minimum absolute atomic E-state index is 0.0747. The lowest BCUT2D eigenvalue weighted by Gasteiger charge is -2.14. The van der Waals surface area contributed by atoms with Gasteiger partial charge in [0.15, 0.2) is 0 Å². The smallest absolute Gasteiger partial charge is 0.120 e.